The molecule has 0 aliphatic heterocycles. The molecule has 0 unspecified atom stereocenters. The molecule has 94 valence electrons. The molecule has 0 nitrogen and oxygen atoms in total. The average Bonchev–Trinajstić information content (AvgIpc) is 2.28. The lowest BCUT2D eigenvalue weighted by Gasteiger charge is -2.17. The quantitative estimate of drug-likeness (QED) is 0.675. The number of benzene rings is 1. The molecule has 0 radical (unpaired) electrons. The topological polar surface area (TPSA) is 0 Å². The summed E-state index contributed by atoms with van der Waals surface area (Å²) in [6.07, 6.45) is 5.55. The summed E-state index contributed by atoms with van der Waals surface area (Å²) in [6, 6.07) is 6.68. The van der Waals surface area contributed by atoms with E-state index < -0.39 is 0 Å². The molecule has 0 saturated carbocycles. The molecule has 17 heavy (non-hydrogen) atoms. The van der Waals surface area contributed by atoms with Gasteiger partial charge >= 0.3 is 0 Å². The lowest BCUT2D eigenvalue weighted by atomic mass is 9.88. The molecular formula is C16H24S. The van der Waals surface area contributed by atoms with Gasteiger partial charge in [0.25, 0.3) is 0 Å². The van der Waals surface area contributed by atoms with Crippen molar-refractivity contribution in [3.8, 4) is 0 Å². The summed E-state index contributed by atoms with van der Waals surface area (Å²) in [4.78, 5) is 0. The van der Waals surface area contributed by atoms with Gasteiger partial charge in [0.05, 0.1) is 0 Å². The predicted molar refractivity (Wildman–Crippen MR) is 82.1 cm³/mol. The Bertz CT molecular complexity index is 349. The largest absolute Gasteiger partial charge is 0.179 e. The molecule has 0 spiro atoms. The first-order chi connectivity index (χ1) is 8.07. The van der Waals surface area contributed by atoms with Crippen LogP contribution in [0.25, 0.3) is 6.08 Å². The van der Waals surface area contributed by atoms with Crippen LogP contribution in [0.3, 0.4) is 0 Å². The van der Waals surface area contributed by atoms with Crippen LogP contribution in [-0.2, 0) is 0 Å². The van der Waals surface area contributed by atoms with Gasteiger partial charge in [-0.05, 0) is 40.7 Å². The van der Waals surface area contributed by atoms with Crippen LogP contribution in [0.2, 0.25) is 0 Å². The van der Waals surface area contributed by atoms with Crippen LogP contribution < -0.4 is 0 Å². The number of thiol groups is 1. The van der Waals surface area contributed by atoms with Crippen LogP contribution in [-0.4, -0.2) is 5.75 Å². The maximum atomic E-state index is 4.25. The molecule has 0 bridgehead atoms. The molecule has 0 fully saturated rings. The highest BCUT2D eigenvalue weighted by Crippen LogP contribution is 2.28. The van der Waals surface area contributed by atoms with E-state index in [1.807, 2.05) is 0 Å². The number of hydrogen-bond donors (Lipinski definition) is 1. The van der Waals surface area contributed by atoms with Crippen LogP contribution in [0.4, 0.5) is 0 Å². The SMILES string of the molecule is CC(C)c1cccc(C(C)C)c1C=CCCS. The molecule has 1 rings (SSSR count). The van der Waals surface area contributed by atoms with E-state index in [2.05, 4.69) is 70.7 Å². The molecule has 1 heteroatoms. The first-order valence-electron chi connectivity index (χ1n) is 6.48. The number of rotatable bonds is 5. The first-order valence-corrected chi connectivity index (χ1v) is 7.11. The highest BCUT2D eigenvalue weighted by atomic mass is 32.1. The Hall–Kier alpha value is -0.690. The Kier molecular flexibility index (Phi) is 5.84. The van der Waals surface area contributed by atoms with Crippen LogP contribution in [0.15, 0.2) is 24.3 Å². The van der Waals surface area contributed by atoms with Crippen molar-refractivity contribution in [3.63, 3.8) is 0 Å². The summed E-state index contributed by atoms with van der Waals surface area (Å²) in [5.74, 6) is 2.06. The van der Waals surface area contributed by atoms with Gasteiger partial charge in [-0.3, -0.25) is 0 Å². The Labute approximate surface area is 112 Å². The summed E-state index contributed by atoms with van der Waals surface area (Å²) in [6.45, 7) is 9.04. The standard InChI is InChI=1S/C16H24S/c1-12(2)14-9-7-10-15(13(3)4)16(14)8-5-6-11-17/h5,7-10,12-13,17H,6,11H2,1-4H3. The van der Waals surface area contributed by atoms with Crippen molar-refractivity contribution in [2.24, 2.45) is 0 Å². The van der Waals surface area contributed by atoms with Crippen molar-refractivity contribution >= 4 is 18.7 Å². The summed E-state index contributed by atoms with van der Waals surface area (Å²) >= 11 is 4.25. The van der Waals surface area contributed by atoms with Gasteiger partial charge < -0.3 is 0 Å². The van der Waals surface area contributed by atoms with Crippen molar-refractivity contribution < 1.29 is 0 Å². The average molecular weight is 248 g/mol. The van der Waals surface area contributed by atoms with E-state index in [-0.39, 0.29) is 0 Å². The molecular weight excluding hydrogens is 224 g/mol. The Balaban J connectivity index is 3.19. The molecule has 0 saturated heterocycles. The van der Waals surface area contributed by atoms with Gasteiger partial charge in [-0.25, -0.2) is 0 Å². The van der Waals surface area contributed by atoms with Gasteiger partial charge in [0.1, 0.15) is 0 Å². The zero-order valence-corrected chi connectivity index (χ0v) is 12.3. The molecule has 0 amide bonds. The monoisotopic (exact) mass is 248 g/mol. The van der Waals surface area contributed by atoms with Crippen LogP contribution in [0.1, 0.15) is 62.6 Å². The predicted octanol–water partition coefficient (Wildman–Crippen LogP) is 5.27. The summed E-state index contributed by atoms with van der Waals surface area (Å²) in [7, 11) is 0. The molecule has 1 aromatic carbocycles. The Morgan fingerprint density at radius 1 is 1.06 bits per heavy atom. The molecule has 1 aromatic rings. The second-order valence-corrected chi connectivity index (χ2v) is 5.52. The second kappa shape index (κ2) is 6.90. The third-order valence-electron chi connectivity index (χ3n) is 3.00. The second-order valence-electron chi connectivity index (χ2n) is 5.07. The van der Waals surface area contributed by atoms with E-state index in [1.54, 1.807) is 0 Å². The van der Waals surface area contributed by atoms with Crippen molar-refractivity contribution in [1.29, 1.82) is 0 Å². The van der Waals surface area contributed by atoms with E-state index in [0.717, 1.165) is 12.2 Å². The van der Waals surface area contributed by atoms with Gasteiger partial charge in [0.15, 0.2) is 0 Å². The summed E-state index contributed by atoms with van der Waals surface area (Å²) in [5, 5.41) is 0. The molecule has 0 aliphatic carbocycles. The van der Waals surface area contributed by atoms with Crippen LogP contribution in [0.5, 0.6) is 0 Å². The van der Waals surface area contributed by atoms with Gasteiger partial charge in [0.2, 0.25) is 0 Å². The molecule has 0 aromatic heterocycles. The normalized spacial score (nSPS) is 11.9. The third kappa shape index (κ3) is 3.92. The van der Waals surface area contributed by atoms with Gasteiger partial charge in [0, 0.05) is 0 Å². The lowest BCUT2D eigenvalue weighted by molar-refractivity contribution is 0.829. The van der Waals surface area contributed by atoms with Crippen molar-refractivity contribution in [1.82, 2.24) is 0 Å². The van der Waals surface area contributed by atoms with Crippen LogP contribution in [0, 0.1) is 0 Å². The zero-order chi connectivity index (χ0) is 12.8. The minimum absolute atomic E-state index is 0.573. The van der Waals surface area contributed by atoms with E-state index >= 15 is 0 Å². The first kappa shape index (κ1) is 14.4. The molecule has 0 atom stereocenters. The van der Waals surface area contributed by atoms with Gasteiger partial charge in [-0.15, -0.1) is 0 Å². The highest BCUT2D eigenvalue weighted by Gasteiger charge is 2.10. The Morgan fingerprint density at radius 3 is 2.00 bits per heavy atom. The fourth-order valence-electron chi connectivity index (χ4n) is 2.08. The minimum atomic E-state index is 0.573. The Morgan fingerprint density at radius 2 is 1.59 bits per heavy atom. The fraction of sp³-hybridized carbons (Fsp3) is 0.500. The lowest BCUT2D eigenvalue weighted by Crippen LogP contribution is -1.99. The molecule has 0 aliphatic rings. The maximum absolute atomic E-state index is 4.25. The fourth-order valence-corrected chi connectivity index (χ4v) is 2.23. The summed E-state index contributed by atoms with van der Waals surface area (Å²) in [5.41, 5.74) is 4.32. The zero-order valence-electron chi connectivity index (χ0n) is 11.4. The van der Waals surface area contributed by atoms with Crippen molar-refractivity contribution in [3.05, 3.63) is 41.0 Å². The molecule has 0 N–H and O–H groups in total. The van der Waals surface area contributed by atoms with Gasteiger partial charge in [-0.1, -0.05) is 58.0 Å². The van der Waals surface area contributed by atoms with E-state index in [0.29, 0.717) is 11.8 Å². The summed E-state index contributed by atoms with van der Waals surface area (Å²) < 4.78 is 0. The van der Waals surface area contributed by atoms with E-state index in [4.69, 9.17) is 0 Å². The molecule has 0 heterocycles. The third-order valence-corrected chi connectivity index (χ3v) is 3.26. The maximum Gasteiger partial charge on any atom is -0.00632 e. The van der Waals surface area contributed by atoms with E-state index in [9.17, 15) is 0 Å². The van der Waals surface area contributed by atoms with Crippen molar-refractivity contribution in [2.75, 3.05) is 5.75 Å². The highest BCUT2D eigenvalue weighted by molar-refractivity contribution is 7.80. The van der Waals surface area contributed by atoms with Gasteiger partial charge in [-0.2, -0.15) is 12.6 Å². The van der Waals surface area contributed by atoms with Crippen molar-refractivity contribution in [2.45, 2.75) is 46.0 Å². The smallest absolute Gasteiger partial charge is 0.00632 e. The van der Waals surface area contributed by atoms with Crippen LogP contribution >= 0.6 is 12.6 Å². The number of hydrogen-bond acceptors (Lipinski definition) is 1. The van der Waals surface area contributed by atoms with E-state index in [1.165, 1.54) is 16.7 Å². The number of allylic oxidation sites excluding steroid dienone is 1. The minimum Gasteiger partial charge on any atom is -0.179 e.